The van der Waals surface area contributed by atoms with Gasteiger partial charge in [-0.05, 0) is 39.3 Å². The number of nitrogens with zero attached hydrogens (tertiary/aromatic N) is 1. The zero-order valence-corrected chi connectivity index (χ0v) is 14.6. The van der Waals surface area contributed by atoms with Crippen LogP contribution in [0, 0.1) is 10.1 Å². The molecular weight excluding hydrogens is 338 g/mol. The first-order chi connectivity index (χ1) is 11.0. The zero-order chi connectivity index (χ0) is 18.5. The summed E-state index contributed by atoms with van der Waals surface area (Å²) in [5.74, 6) is -0.434. The fourth-order valence-electron chi connectivity index (χ4n) is 1.80. The molecule has 132 valence electrons. The van der Waals surface area contributed by atoms with E-state index in [1.165, 1.54) is 18.2 Å². The summed E-state index contributed by atoms with van der Waals surface area (Å²) < 4.78 is 5.08. The van der Waals surface area contributed by atoms with Crippen LogP contribution in [0.4, 0.5) is 16.2 Å². The number of halogens is 1. The number of nitro groups is 1. The van der Waals surface area contributed by atoms with Crippen molar-refractivity contribution in [3.63, 3.8) is 0 Å². The van der Waals surface area contributed by atoms with E-state index >= 15 is 0 Å². The van der Waals surface area contributed by atoms with Crippen LogP contribution in [0.5, 0.6) is 0 Å². The highest BCUT2D eigenvalue weighted by atomic mass is 35.5. The number of anilines is 1. The van der Waals surface area contributed by atoms with Crippen LogP contribution in [0.25, 0.3) is 0 Å². The van der Waals surface area contributed by atoms with Crippen molar-refractivity contribution in [2.45, 2.75) is 38.7 Å². The van der Waals surface area contributed by atoms with E-state index in [0.29, 0.717) is 12.1 Å². The van der Waals surface area contributed by atoms with Crippen LogP contribution < -0.4 is 10.6 Å². The molecule has 0 saturated heterocycles. The predicted octanol–water partition coefficient (Wildman–Crippen LogP) is 3.36. The molecule has 0 radical (unpaired) electrons. The van der Waals surface area contributed by atoms with Crippen LogP contribution in [0.1, 0.15) is 38.6 Å². The van der Waals surface area contributed by atoms with Crippen molar-refractivity contribution >= 4 is 35.0 Å². The lowest BCUT2D eigenvalue weighted by molar-refractivity contribution is -0.383. The van der Waals surface area contributed by atoms with Gasteiger partial charge in [-0.25, -0.2) is 4.79 Å². The summed E-state index contributed by atoms with van der Waals surface area (Å²) in [6.07, 6.45) is -0.841. The number of nitrogens with one attached hydrogen (secondary N) is 2. The smallest absolute Gasteiger partial charge is 0.412 e. The molecule has 1 aromatic carbocycles. The van der Waals surface area contributed by atoms with Crippen LogP contribution >= 0.6 is 11.6 Å². The quantitative estimate of drug-likeness (QED) is 0.477. The molecule has 0 spiro atoms. The number of likely N-dealkylation sites (N-methyl/N-ethyl adjacent to an activating group) is 1. The van der Waals surface area contributed by atoms with Gasteiger partial charge in [-0.3, -0.25) is 20.2 Å². The van der Waals surface area contributed by atoms with E-state index in [4.69, 9.17) is 16.3 Å². The van der Waals surface area contributed by atoms with Gasteiger partial charge in [0, 0.05) is 12.6 Å². The molecule has 0 fully saturated rings. The summed E-state index contributed by atoms with van der Waals surface area (Å²) in [7, 11) is 0. The molecule has 1 unspecified atom stereocenters. The molecule has 0 aliphatic carbocycles. The number of rotatable bonds is 5. The van der Waals surface area contributed by atoms with Gasteiger partial charge >= 0.3 is 6.09 Å². The second-order valence-corrected chi connectivity index (χ2v) is 6.35. The maximum absolute atomic E-state index is 11.9. The minimum atomic E-state index is -1.04. The second kappa shape index (κ2) is 7.96. The molecule has 0 bridgehead atoms. The van der Waals surface area contributed by atoms with Gasteiger partial charge in [0.15, 0.2) is 0 Å². The summed E-state index contributed by atoms with van der Waals surface area (Å²) in [5, 5.41) is 14.9. The largest absolute Gasteiger partial charge is 0.444 e. The van der Waals surface area contributed by atoms with Gasteiger partial charge in [-0.2, -0.15) is 0 Å². The Morgan fingerprint density at radius 2 is 2.00 bits per heavy atom. The van der Waals surface area contributed by atoms with Crippen molar-refractivity contribution in [2.24, 2.45) is 0 Å². The Kier molecular flexibility index (Phi) is 6.53. The van der Waals surface area contributed by atoms with Crippen molar-refractivity contribution in [3.05, 3.63) is 33.9 Å². The molecular formula is C15H20ClN3O5. The van der Waals surface area contributed by atoms with E-state index in [2.05, 4.69) is 10.6 Å². The maximum atomic E-state index is 11.9. The first kappa shape index (κ1) is 19.7. The Morgan fingerprint density at radius 3 is 2.50 bits per heavy atom. The first-order valence-electron chi connectivity index (χ1n) is 7.25. The number of benzene rings is 1. The monoisotopic (exact) mass is 357 g/mol. The summed E-state index contributed by atoms with van der Waals surface area (Å²) in [6, 6.07) is 3.83. The topological polar surface area (TPSA) is 111 Å². The molecule has 8 nitrogen and oxygen atoms in total. The normalized spacial score (nSPS) is 12.2. The van der Waals surface area contributed by atoms with E-state index < -0.39 is 27.9 Å². The molecule has 0 heterocycles. The van der Waals surface area contributed by atoms with Crippen molar-refractivity contribution in [2.75, 3.05) is 11.9 Å². The third-order valence-corrected chi connectivity index (χ3v) is 3.18. The molecule has 1 atom stereocenters. The number of nitro benzene ring substituents is 1. The lowest BCUT2D eigenvalue weighted by atomic mass is 10.1. The van der Waals surface area contributed by atoms with Gasteiger partial charge in [0.05, 0.1) is 4.92 Å². The fourth-order valence-corrected chi connectivity index (χ4v) is 2.01. The van der Waals surface area contributed by atoms with E-state index in [9.17, 15) is 19.7 Å². The standard InChI is InChI=1S/C15H20ClN3O5/c1-5-17-13(20)12(16)9-6-7-11(19(22)23)10(8-9)18-14(21)24-15(2,3)4/h6-8,12H,5H2,1-4H3,(H,17,20)(H,18,21). The third-order valence-electron chi connectivity index (χ3n) is 2.73. The number of ether oxygens (including phenoxy) is 1. The molecule has 24 heavy (non-hydrogen) atoms. The van der Waals surface area contributed by atoms with Gasteiger partial charge in [0.1, 0.15) is 16.7 Å². The Hall–Kier alpha value is -2.35. The minimum Gasteiger partial charge on any atom is -0.444 e. The van der Waals surface area contributed by atoms with Gasteiger partial charge in [0.25, 0.3) is 5.69 Å². The minimum absolute atomic E-state index is 0.0956. The molecule has 9 heteroatoms. The zero-order valence-electron chi connectivity index (χ0n) is 13.9. The van der Waals surface area contributed by atoms with Crippen molar-refractivity contribution in [3.8, 4) is 0 Å². The molecule has 0 aliphatic heterocycles. The van der Waals surface area contributed by atoms with Crippen LogP contribution in [0.2, 0.25) is 0 Å². The molecule has 0 saturated carbocycles. The second-order valence-electron chi connectivity index (χ2n) is 5.92. The Balaban J connectivity index is 3.11. The number of alkyl halides is 1. The Bertz CT molecular complexity index is 642. The van der Waals surface area contributed by atoms with Gasteiger partial charge in [-0.15, -0.1) is 11.6 Å². The Labute approximate surface area is 144 Å². The van der Waals surface area contributed by atoms with E-state index in [0.717, 1.165) is 0 Å². The summed E-state index contributed by atoms with van der Waals surface area (Å²) in [4.78, 5) is 34.1. The highest BCUT2D eigenvalue weighted by molar-refractivity contribution is 6.30. The number of carbonyl (C=O) groups excluding carboxylic acids is 2. The van der Waals surface area contributed by atoms with Crippen molar-refractivity contribution in [1.29, 1.82) is 0 Å². The number of amides is 2. The molecule has 2 N–H and O–H groups in total. The van der Waals surface area contributed by atoms with Gasteiger partial charge in [-0.1, -0.05) is 6.07 Å². The summed E-state index contributed by atoms with van der Waals surface area (Å²) in [6.45, 7) is 7.15. The lowest BCUT2D eigenvalue weighted by Gasteiger charge is -2.20. The first-order valence-corrected chi connectivity index (χ1v) is 7.69. The Morgan fingerprint density at radius 1 is 1.38 bits per heavy atom. The van der Waals surface area contributed by atoms with E-state index in [1.54, 1.807) is 27.7 Å². The van der Waals surface area contributed by atoms with Crippen LogP contribution in [0.3, 0.4) is 0 Å². The predicted molar refractivity (Wildman–Crippen MR) is 90.2 cm³/mol. The van der Waals surface area contributed by atoms with Crippen LogP contribution in [-0.4, -0.2) is 29.1 Å². The average Bonchev–Trinajstić information content (AvgIpc) is 2.44. The summed E-state index contributed by atoms with van der Waals surface area (Å²) in [5.41, 5.74) is -0.864. The maximum Gasteiger partial charge on any atom is 0.412 e. The summed E-state index contributed by atoms with van der Waals surface area (Å²) >= 11 is 6.06. The number of carbonyl (C=O) groups is 2. The van der Waals surface area contributed by atoms with E-state index in [1.807, 2.05) is 0 Å². The van der Waals surface area contributed by atoms with Gasteiger partial charge < -0.3 is 10.1 Å². The fraction of sp³-hybridized carbons (Fsp3) is 0.467. The number of hydrogen-bond acceptors (Lipinski definition) is 5. The van der Waals surface area contributed by atoms with Crippen molar-refractivity contribution in [1.82, 2.24) is 5.32 Å². The SMILES string of the molecule is CCNC(=O)C(Cl)c1ccc([N+](=O)[O-])c(NC(=O)OC(C)(C)C)c1. The van der Waals surface area contributed by atoms with Crippen molar-refractivity contribution < 1.29 is 19.2 Å². The van der Waals surface area contributed by atoms with Crippen LogP contribution in [0.15, 0.2) is 18.2 Å². The highest BCUT2D eigenvalue weighted by Crippen LogP contribution is 2.31. The molecule has 0 aliphatic rings. The third kappa shape index (κ3) is 5.69. The van der Waals surface area contributed by atoms with Gasteiger partial charge in [0.2, 0.25) is 5.91 Å². The molecule has 1 aromatic rings. The average molecular weight is 358 g/mol. The molecule has 0 aromatic heterocycles. The van der Waals surface area contributed by atoms with Crippen LogP contribution in [-0.2, 0) is 9.53 Å². The lowest BCUT2D eigenvalue weighted by Crippen LogP contribution is -2.28. The molecule has 2 amide bonds. The molecule has 1 rings (SSSR count). The highest BCUT2D eigenvalue weighted by Gasteiger charge is 2.24. The van der Waals surface area contributed by atoms with E-state index in [-0.39, 0.29) is 11.4 Å². The number of hydrogen-bond donors (Lipinski definition) is 2.